The molecule has 0 saturated heterocycles. The van der Waals surface area contributed by atoms with E-state index in [1.165, 1.54) is 6.26 Å². The van der Waals surface area contributed by atoms with Gasteiger partial charge in [-0.2, -0.15) is 5.10 Å². The third kappa shape index (κ3) is 1.92. The lowest BCUT2D eigenvalue weighted by atomic mass is 10.6. The van der Waals surface area contributed by atoms with Crippen molar-refractivity contribution < 1.29 is 4.21 Å². The van der Waals surface area contributed by atoms with Crippen LogP contribution in [0, 0.1) is 0 Å². The van der Waals surface area contributed by atoms with Crippen LogP contribution in [-0.4, -0.2) is 25.2 Å². The van der Waals surface area contributed by atoms with E-state index in [9.17, 15) is 13.8 Å². The van der Waals surface area contributed by atoms with Crippen LogP contribution in [0.3, 0.4) is 0 Å². The van der Waals surface area contributed by atoms with Gasteiger partial charge < -0.3 is 0 Å². The van der Waals surface area contributed by atoms with Crippen molar-refractivity contribution in [1.82, 2.24) is 14.8 Å². The zero-order valence-electron chi connectivity index (χ0n) is 7.18. The summed E-state index contributed by atoms with van der Waals surface area (Å²) in [4.78, 5) is 22.0. The first-order valence-electron chi connectivity index (χ1n) is 3.52. The van der Waals surface area contributed by atoms with Gasteiger partial charge in [-0.05, 0) is 6.92 Å². The predicted octanol–water partition coefficient (Wildman–Crippen LogP) is -1.17. The van der Waals surface area contributed by atoms with Gasteiger partial charge in [0.05, 0.1) is 0 Å². The zero-order valence-corrected chi connectivity index (χ0v) is 8.00. The molecule has 0 aliphatic carbocycles. The quantitative estimate of drug-likeness (QED) is 0.614. The Hall–Kier alpha value is -1.24. The fraction of sp³-hybridized carbons (Fsp3) is 0.500. The molecule has 13 heavy (non-hydrogen) atoms. The topological polar surface area (TPSA) is 84.8 Å². The summed E-state index contributed by atoms with van der Waals surface area (Å²) >= 11 is 0. The van der Waals surface area contributed by atoms with Crippen molar-refractivity contribution >= 4 is 10.8 Å². The number of hydrogen-bond acceptors (Lipinski definition) is 4. The summed E-state index contributed by atoms with van der Waals surface area (Å²) in [6.45, 7) is 1.58. The van der Waals surface area contributed by atoms with Gasteiger partial charge in [0.25, 0.3) is 0 Å². The Balaban J connectivity index is 3.31. The van der Waals surface area contributed by atoms with E-state index in [0.717, 1.165) is 10.9 Å². The second-order valence-electron chi connectivity index (χ2n) is 2.50. The Morgan fingerprint density at radius 3 is 2.77 bits per heavy atom. The summed E-state index contributed by atoms with van der Waals surface area (Å²) in [5.41, 5.74) is -1.54. The molecular formula is C6H9N3O3S. The number of nitrogens with zero attached hydrogens (tertiary/aromatic N) is 2. The molecule has 1 aromatic rings. The fourth-order valence-electron chi connectivity index (χ4n) is 0.786. The van der Waals surface area contributed by atoms with Gasteiger partial charge in [-0.25, -0.2) is 5.10 Å². The molecule has 0 fully saturated rings. The Morgan fingerprint density at radius 2 is 2.23 bits per heavy atom. The van der Waals surface area contributed by atoms with Crippen molar-refractivity contribution in [1.29, 1.82) is 0 Å². The molecule has 1 heterocycles. The highest BCUT2D eigenvalue weighted by molar-refractivity contribution is 7.84. The molecule has 0 aliphatic rings. The third-order valence-electron chi connectivity index (χ3n) is 1.65. The van der Waals surface area contributed by atoms with Gasteiger partial charge in [-0.3, -0.25) is 18.4 Å². The van der Waals surface area contributed by atoms with E-state index in [4.69, 9.17) is 0 Å². The van der Waals surface area contributed by atoms with E-state index in [2.05, 4.69) is 5.10 Å². The summed E-state index contributed by atoms with van der Waals surface area (Å²) in [6.07, 6.45) is 2.62. The molecule has 0 aromatic carbocycles. The lowest BCUT2D eigenvalue weighted by Crippen LogP contribution is -2.38. The summed E-state index contributed by atoms with van der Waals surface area (Å²) in [7, 11) is -1.21. The lowest BCUT2D eigenvalue weighted by molar-refractivity contribution is 0.614. The first-order valence-corrected chi connectivity index (χ1v) is 5.14. The van der Waals surface area contributed by atoms with Crippen LogP contribution >= 0.6 is 0 Å². The Morgan fingerprint density at radius 1 is 1.62 bits per heavy atom. The maximum absolute atomic E-state index is 11.2. The highest BCUT2D eigenvalue weighted by Gasteiger charge is 2.11. The maximum Gasteiger partial charge on any atom is 0.330 e. The zero-order chi connectivity index (χ0) is 10.0. The van der Waals surface area contributed by atoms with E-state index in [0.29, 0.717) is 0 Å². The second kappa shape index (κ2) is 3.65. The minimum atomic E-state index is -1.21. The van der Waals surface area contributed by atoms with Gasteiger partial charge >= 0.3 is 11.1 Å². The van der Waals surface area contributed by atoms with Gasteiger partial charge in [0.2, 0.25) is 0 Å². The SMILES string of the molecule is CC(n1cn[nH]c(=O)c1=O)S(C)=O. The molecule has 0 bridgehead atoms. The molecule has 1 rings (SSSR count). The van der Waals surface area contributed by atoms with E-state index in [1.807, 2.05) is 5.10 Å². The smallest absolute Gasteiger partial charge is 0.278 e. The van der Waals surface area contributed by atoms with Gasteiger partial charge in [0.15, 0.2) is 0 Å². The largest absolute Gasteiger partial charge is 0.330 e. The van der Waals surface area contributed by atoms with Gasteiger partial charge in [0.1, 0.15) is 11.7 Å². The number of hydrogen-bond donors (Lipinski definition) is 1. The van der Waals surface area contributed by atoms with Crippen molar-refractivity contribution in [2.75, 3.05) is 6.26 Å². The van der Waals surface area contributed by atoms with Crippen LogP contribution < -0.4 is 11.1 Å². The highest BCUT2D eigenvalue weighted by atomic mass is 32.2. The van der Waals surface area contributed by atoms with Crippen molar-refractivity contribution in [3.05, 3.63) is 27.0 Å². The minimum Gasteiger partial charge on any atom is -0.278 e. The van der Waals surface area contributed by atoms with Crippen molar-refractivity contribution in [3.8, 4) is 0 Å². The van der Waals surface area contributed by atoms with Gasteiger partial charge in [-0.1, -0.05) is 0 Å². The first kappa shape index (κ1) is 9.85. The molecule has 0 spiro atoms. The monoisotopic (exact) mass is 203 g/mol. The molecule has 2 unspecified atom stereocenters. The minimum absolute atomic E-state index is 0.540. The highest BCUT2D eigenvalue weighted by Crippen LogP contribution is 2.02. The Bertz CT molecular complexity index is 435. The molecule has 0 amide bonds. The normalized spacial score (nSPS) is 15.2. The molecule has 7 heteroatoms. The van der Waals surface area contributed by atoms with Crippen molar-refractivity contribution in [3.63, 3.8) is 0 Å². The summed E-state index contributed by atoms with van der Waals surface area (Å²) < 4.78 is 12.1. The van der Waals surface area contributed by atoms with E-state index in [-0.39, 0.29) is 0 Å². The number of rotatable bonds is 2. The number of aromatic amines is 1. The fourth-order valence-corrected chi connectivity index (χ4v) is 1.26. The van der Waals surface area contributed by atoms with Crippen LogP contribution in [0.1, 0.15) is 12.3 Å². The average Bonchev–Trinajstić information content (AvgIpc) is 2.08. The Labute approximate surface area is 76.1 Å². The molecule has 72 valence electrons. The van der Waals surface area contributed by atoms with Crippen molar-refractivity contribution in [2.45, 2.75) is 12.3 Å². The number of aromatic nitrogens is 3. The summed E-state index contributed by atoms with van der Waals surface area (Å²) in [6, 6.07) is 0. The molecule has 6 nitrogen and oxygen atoms in total. The van der Waals surface area contributed by atoms with Crippen LogP contribution in [0.25, 0.3) is 0 Å². The van der Waals surface area contributed by atoms with Gasteiger partial charge in [0, 0.05) is 17.1 Å². The first-order chi connectivity index (χ1) is 6.04. The second-order valence-corrected chi connectivity index (χ2v) is 4.18. The molecular weight excluding hydrogens is 194 g/mol. The van der Waals surface area contributed by atoms with Gasteiger partial charge in [-0.15, -0.1) is 0 Å². The molecule has 0 radical (unpaired) electrons. The van der Waals surface area contributed by atoms with E-state index < -0.39 is 27.3 Å². The summed E-state index contributed by atoms with van der Waals surface area (Å²) in [5.74, 6) is 0. The Kier molecular flexibility index (Phi) is 2.76. The van der Waals surface area contributed by atoms with Crippen molar-refractivity contribution in [2.24, 2.45) is 0 Å². The summed E-state index contributed by atoms with van der Waals surface area (Å²) in [5, 5.41) is 4.90. The average molecular weight is 203 g/mol. The number of H-pyrrole nitrogens is 1. The van der Waals surface area contributed by atoms with Crippen LogP contribution in [0.2, 0.25) is 0 Å². The van der Waals surface area contributed by atoms with Crippen LogP contribution in [-0.2, 0) is 10.8 Å². The predicted molar refractivity (Wildman–Crippen MR) is 47.9 cm³/mol. The molecule has 0 aliphatic heterocycles. The molecule has 1 aromatic heterocycles. The van der Waals surface area contributed by atoms with E-state index >= 15 is 0 Å². The standard InChI is InChI=1S/C6H9N3O3S/c1-4(13(2)12)9-3-7-8-5(10)6(9)11/h3-4H,1-2H3,(H,8,10). The third-order valence-corrected chi connectivity index (χ3v) is 2.84. The molecule has 1 N–H and O–H groups in total. The van der Waals surface area contributed by atoms with E-state index in [1.54, 1.807) is 6.92 Å². The van der Waals surface area contributed by atoms with Crippen LogP contribution in [0.15, 0.2) is 15.9 Å². The van der Waals surface area contributed by atoms with Crippen LogP contribution in [0.4, 0.5) is 0 Å². The van der Waals surface area contributed by atoms with Crippen LogP contribution in [0.5, 0.6) is 0 Å². The lowest BCUT2D eigenvalue weighted by Gasteiger charge is -2.09. The maximum atomic E-state index is 11.2. The molecule has 0 saturated carbocycles. The molecule has 2 atom stereocenters. The number of nitrogens with one attached hydrogen (secondary N) is 1.